The molecule has 1 aliphatic heterocycles. The quantitative estimate of drug-likeness (QED) is 0.552. The fraction of sp³-hybridized carbons (Fsp3) is 0.300. The van der Waals surface area contributed by atoms with E-state index in [1.165, 1.54) is 24.3 Å². The molecular weight excluding hydrogens is 416 g/mol. The Hall–Kier alpha value is -2.75. The second kappa shape index (κ2) is 8.95. The molecule has 10 heteroatoms. The summed E-state index contributed by atoms with van der Waals surface area (Å²) in [4.78, 5) is 22.2. The molecule has 0 atom stereocenters. The van der Waals surface area contributed by atoms with Gasteiger partial charge in [0.2, 0.25) is 5.95 Å². The highest BCUT2D eigenvalue weighted by Gasteiger charge is 2.18. The van der Waals surface area contributed by atoms with E-state index in [1.807, 2.05) is 0 Å². The van der Waals surface area contributed by atoms with E-state index in [4.69, 9.17) is 16.3 Å². The molecule has 4 rings (SSSR count). The predicted octanol–water partition coefficient (Wildman–Crippen LogP) is 3.49. The lowest BCUT2D eigenvalue weighted by Gasteiger charge is -2.26. The summed E-state index contributed by atoms with van der Waals surface area (Å²) >= 11 is 5.76. The van der Waals surface area contributed by atoms with Crippen LogP contribution in [0.15, 0.2) is 30.3 Å². The van der Waals surface area contributed by atoms with Crippen LogP contribution in [0.1, 0.15) is 10.4 Å². The molecule has 3 N–H and O–H groups in total. The lowest BCUT2D eigenvalue weighted by molar-refractivity contribution is 0.0398. The number of nitrogens with one attached hydrogen (secondary N) is 3. The summed E-state index contributed by atoms with van der Waals surface area (Å²) in [5.74, 6) is -1.24. The Morgan fingerprint density at radius 2 is 1.97 bits per heavy atom. The van der Waals surface area contributed by atoms with Crippen molar-refractivity contribution in [1.82, 2.24) is 14.9 Å². The number of hydrogen-bond donors (Lipinski definition) is 3. The molecule has 0 radical (unpaired) electrons. The van der Waals surface area contributed by atoms with Crippen molar-refractivity contribution in [3.63, 3.8) is 0 Å². The van der Waals surface area contributed by atoms with Crippen molar-refractivity contribution in [2.75, 3.05) is 50.0 Å². The summed E-state index contributed by atoms with van der Waals surface area (Å²) in [6.07, 6.45) is 0. The Kier molecular flexibility index (Phi) is 6.12. The Morgan fingerprint density at radius 1 is 1.20 bits per heavy atom. The first-order chi connectivity index (χ1) is 14.5. The fourth-order valence-corrected chi connectivity index (χ4v) is 3.44. The van der Waals surface area contributed by atoms with Gasteiger partial charge in [0.1, 0.15) is 11.3 Å². The van der Waals surface area contributed by atoms with E-state index >= 15 is 0 Å². The molecule has 1 aromatic heterocycles. The highest BCUT2D eigenvalue weighted by atomic mass is 35.5. The van der Waals surface area contributed by atoms with E-state index in [0.29, 0.717) is 31.4 Å². The number of imidazole rings is 1. The lowest BCUT2D eigenvalue weighted by atomic mass is 10.1. The number of fused-ring (bicyclic) bond motifs is 1. The number of H-pyrrole nitrogens is 1. The van der Waals surface area contributed by atoms with E-state index in [9.17, 15) is 13.6 Å². The highest BCUT2D eigenvalue weighted by Crippen LogP contribution is 2.24. The summed E-state index contributed by atoms with van der Waals surface area (Å²) in [7, 11) is 0. The Morgan fingerprint density at radius 3 is 2.73 bits per heavy atom. The molecule has 1 aliphatic rings. The van der Waals surface area contributed by atoms with Crippen LogP contribution in [0.4, 0.5) is 20.4 Å². The van der Waals surface area contributed by atoms with Crippen molar-refractivity contribution in [3.8, 4) is 0 Å². The van der Waals surface area contributed by atoms with Crippen LogP contribution in [0.2, 0.25) is 5.02 Å². The molecule has 0 aliphatic carbocycles. The van der Waals surface area contributed by atoms with Gasteiger partial charge in [-0.2, -0.15) is 0 Å². The van der Waals surface area contributed by atoms with Crippen molar-refractivity contribution < 1.29 is 18.3 Å². The minimum atomic E-state index is -0.583. The minimum absolute atomic E-state index is 0.0636. The number of anilines is 2. The normalized spacial score (nSPS) is 14.8. The van der Waals surface area contributed by atoms with Gasteiger partial charge in [-0.3, -0.25) is 9.69 Å². The number of aromatic nitrogens is 2. The number of carbonyl (C=O) groups is 1. The summed E-state index contributed by atoms with van der Waals surface area (Å²) in [5, 5.41) is 5.66. The molecule has 1 amide bonds. The Balaban J connectivity index is 1.49. The number of benzene rings is 2. The number of rotatable bonds is 6. The fourth-order valence-electron chi connectivity index (χ4n) is 3.26. The van der Waals surface area contributed by atoms with Crippen molar-refractivity contribution >= 4 is 40.2 Å². The second-order valence-corrected chi connectivity index (χ2v) is 7.27. The number of amides is 1. The van der Waals surface area contributed by atoms with Gasteiger partial charge in [0.05, 0.1) is 29.3 Å². The van der Waals surface area contributed by atoms with Crippen LogP contribution in [-0.4, -0.2) is 60.2 Å². The van der Waals surface area contributed by atoms with Gasteiger partial charge in [-0.25, -0.2) is 13.8 Å². The number of ether oxygens (including phenoxy) is 1. The molecule has 158 valence electrons. The Labute approximate surface area is 176 Å². The highest BCUT2D eigenvalue weighted by molar-refractivity contribution is 6.31. The zero-order valence-electron chi connectivity index (χ0n) is 16.0. The van der Waals surface area contributed by atoms with E-state index in [-0.39, 0.29) is 21.6 Å². The van der Waals surface area contributed by atoms with Crippen molar-refractivity contribution in [2.45, 2.75) is 0 Å². The van der Waals surface area contributed by atoms with Crippen molar-refractivity contribution in [1.29, 1.82) is 0 Å². The van der Waals surface area contributed by atoms with Gasteiger partial charge in [0.25, 0.3) is 5.91 Å². The van der Waals surface area contributed by atoms with Gasteiger partial charge in [-0.05, 0) is 30.3 Å². The average Bonchev–Trinajstić information content (AvgIpc) is 3.17. The van der Waals surface area contributed by atoms with Crippen LogP contribution in [-0.2, 0) is 4.74 Å². The monoisotopic (exact) mass is 435 g/mol. The molecule has 2 aromatic carbocycles. The lowest BCUT2D eigenvalue weighted by Crippen LogP contribution is -2.39. The summed E-state index contributed by atoms with van der Waals surface area (Å²) in [6, 6.07) is 6.42. The zero-order chi connectivity index (χ0) is 21.1. The standard InChI is InChI=1S/C20H20ClF2N5O2/c21-14-11-12(1-3-15(14)22)25-19(29)13-2-4-16(23)18-17(13)26-20(27-18)24-5-6-28-7-9-30-10-8-28/h1-4,11H,5-10H2,(H,25,29)(H2,24,26,27). The molecule has 0 bridgehead atoms. The van der Waals surface area contributed by atoms with Gasteiger partial charge in [0, 0.05) is 31.9 Å². The largest absolute Gasteiger partial charge is 0.379 e. The van der Waals surface area contributed by atoms with Gasteiger partial charge >= 0.3 is 0 Å². The van der Waals surface area contributed by atoms with Crippen LogP contribution >= 0.6 is 11.6 Å². The van der Waals surface area contributed by atoms with Crippen molar-refractivity contribution in [3.05, 3.63) is 52.6 Å². The molecule has 0 saturated carbocycles. The van der Waals surface area contributed by atoms with E-state index in [1.54, 1.807) is 0 Å². The molecule has 1 fully saturated rings. The maximum atomic E-state index is 14.3. The Bertz CT molecular complexity index is 1070. The molecular formula is C20H20ClF2N5O2. The first kappa shape index (κ1) is 20.5. The van der Waals surface area contributed by atoms with Gasteiger partial charge in [-0.15, -0.1) is 0 Å². The maximum Gasteiger partial charge on any atom is 0.257 e. The van der Waals surface area contributed by atoms with Gasteiger partial charge in [0.15, 0.2) is 5.82 Å². The first-order valence-electron chi connectivity index (χ1n) is 9.50. The SMILES string of the molecule is O=C(Nc1ccc(F)c(Cl)c1)c1ccc(F)c2nc(NCCN3CCOCC3)[nH]c12. The van der Waals surface area contributed by atoms with Crippen LogP contribution < -0.4 is 10.6 Å². The van der Waals surface area contributed by atoms with Gasteiger partial charge < -0.3 is 20.4 Å². The third-order valence-electron chi connectivity index (χ3n) is 4.84. The molecule has 2 heterocycles. The summed E-state index contributed by atoms with van der Waals surface area (Å²) in [5.41, 5.74) is 0.871. The number of carbonyl (C=O) groups excluding carboxylic acids is 1. The predicted molar refractivity (Wildman–Crippen MR) is 111 cm³/mol. The van der Waals surface area contributed by atoms with Crippen LogP contribution in [0, 0.1) is 11.6 Å². The number of hydrogen-bond acceptors (Lipinski definition) is 5. The zero-order valence-corrected chi connectivity index (χ0v) is 16.7. The maximum absolute atomic E-state index is 14.3. The molecule has 0 unspecified atom stereocenters. The van der Waals surface area contributed by atoms with E-state index in [0.717, 1.165) is 25.7 Å². The molecule has 1 saturated heterocycles. The number of aromatic amines is 1. The smallest absolute Gasteiger partial charge is 0.257 e. The average molecular weight is 436 g/mol. The second-order valence-electron chi connectivity index (χ2n) is 6.87. The van der Waals surface area contributed by atoms with Crippen molar-refractivity contribution in [2.24, 2.45) is 0 Å². The van der Waals surface area contributed by atoms with Gasteiger partial charge in [-0.1, -0.05) is 11.6 Å². The third-order valence-corrected chi connectivity index (χ3v) is 5.13. The van der Waals surface area contributed by atoms with Crippen LogP contribution in [0.3, 0.4) is 0 Å². The molecule has 7 nitrogen and oxygen atoms in total. The van der Waals surface area contributed by atoms with E-state index in [2.05, 4.69) is 25.5 Å². The molecule has 30 heavy (non-hydrogen) atoms. The minimum Gasteiger partial charge on any atom is -0.379 e. The van der Waals surface area contributed by atoms with E-state index < -0.39 is 17.5 Å². The number of nitrogens with zero attached hydrogens (tertiary/aromatic N) is 2. The third kappa shape index (κ3) is 4.53. The molecule has 3 aromatic rings. The number of morpholine rings is 1. The first-order valence-corrected chi connectivity index (χ1v) is 9.87. The number of halogens is 3. The topological polar surface area (TPSA) is 82.3 Å². The summed E-state index contributed by atoms with van der Waals surface area (Å²) in [6.45, 7) is 4.57. The molecule has 0 spiro atoms. The van der Waals surface area contributed by atoms with Crippen LogP contribution in [0.5, 0.6) is 0 Å². The van der Waals surface area contributed by atoms with Crippen LogP contribution in [0.25, 0.3) is 11.0 Å². The summed E-state index contributed by atoms with van der Waals surface area (Å²) < 4.78 is 32.9.